The van der Waals surface area contributed by atoms with Crippen LogP contribution in [0.2, 0.25) is 5.02 Å². The average molecular weight is 254 g/mol. The van der Waals surface area contributed by atoms with Crippen molar-refractivity contribution in [2.24, 2.45) is 0 Å². The molecule has 1 fully saturated rings. The maximum atomic E-state index is 5.89. The summed E-state index contributed by atoms with van der Waals surface area (Å²) in [7, 11) is 1.74. The summed E-state index contributed by atoms with van der Waals surface area (Å²) in [6, 6.07) is 8.40. The molecule has 4 heteroatoms. The van der Waals surface area contributed by atoms with E-state index >= 15 is 0 Å². The quantitative estimate of drug-likeness (QED) is 0.822. The number of hydrogen-bond donors (Lipinski definition) is 0. The molecule has 0 spiro atoms. The fraction of sp³-hybridized carbons (Fsp3) is 0.538. The number of methoxy groups -OCH3 is 1. The molecule has 0 saturated carbocycles. The van der Waals surface area contributed by atoms with Gasteiger partial charge in [-0.25, -0.2) is 5.32 Å². The number of ether oxygens (including phenoxy) is 1. The second kappa shape index (κ2) is 6.24. The Kier molecular flexibility index (Phi) is 4.66. The van der Waals surface area contributed by atoms with Crippen molar-refractivity contribution in [3.63, 3.8) is 0 Å². The molecule has 0 aromatic heterocycles. The molecule has 93 valence electrons. The molecule has 0 N–H and O–H groups in total. The maximum absolute atomic E-state index is 5.89. The van der Waals surface area contributed by atoms with Crippen LogP contribution in [0.15, 0.2) is 24.3 Å². The maximum Gasteiger partial charge on any atom is 0.0478 e. The highest BCUT2D eigenvalue weighted by Gasteiger charge is 2.20. The van der Waals surface area contributed by atoms with Crippen molar-refractivity contribution in [1.82, 2.24) is 5.32 Å². The van der Waals surface area contributed by atoms with Crippen LogP contribution in [0.5, 0.6) is 0 Å². The number of nitrogens with zero attached hydrogens (tertiary/aromatic N) is 2. The van der Waals surface area contributed by atoms with Gasteiger partial charge < -0.3 is 9.64 Å². The molecule has 1 saturated heterocycles. The second-order valence-corrected chi connectivity index (χ2v) is 4.70. The minimum atomic E-state index is 0.388. The van der Waals surface area contributed by atoms with Crippen LogP contribution in [0.4, 0.5) is 5.69 Å². The largest absolute Gasteiger partial charge is 0.385 e. The summed E-state index contributed by atoms with van der Waals surface area (Å²) in [5.41, 5.74) is 1.23. The Hall–Kier alpha value is -0.770. The number of anilines is 1. The van der Waals surface area contributed by atoms with Crippen LogP contribution in [0.3, 0.4) is 0 Å². The van der Waals surface area contributed by atoms with Crippen molar-refractivity contribution in [2.45, 2.75) is 12.5 Å². The van der Waals surface area contributed by atoms with Gasteiger partial charge in [0.05, 0.1) is 0 Å². The Bertz CT molecular complexity index is 342. The molecule has 0 bridgehead atoms. The van der Waals surface area contributed by atoms with E-state index in [0.29, 0.717) is 6.04 Å². The van der Waals surface area contributed by atoms with Crippen molar-refractivity contribution in [3.05, 3.63) is 29.3 Å². The van der Waals surface area contributed by atoms with E-state index in [1.165, 1.54) is 5.69 Å². The molecule has 1 radical (unpaired) electrons. The van der Waals surface area contributed by atoms with Crippen LogP contribution in [0, 0.1) is 0 Å². The van der Waals surface area contributed by atoms with Crippen molar-refractivity contribution >= 4 is 17.3 Å². The Balaban J connectivity index is 1.94. The minimum absolute atomic E-state index is 0.388. The third-order valence-corrected chi connectivity index (χ3v) is 3.29. The van der Waals surface area contributed by atoms with Gasteiger partial charge in [-0.2, -0.15) is 0 Å². The molecule has 3 nitrogen and oxygen atoms in total. The number of halogens is 1. The number of piperazine rings is 1. The summed E-state index contributed by atoms with van der Waals surface area (Å²) in [4.78, 5) is 2.36. The first-order chi connectivity index (χ1) is 8.29. The molecule has 17 heavy (non-hydrogen) atoms. The van der Waals surface area contributed by atoms with E-state index in [2.05, 4.69) is 22.3 Å². The SMILES string of the molecule is COCCC1CN(c2ccc(Cl)cc2)CC[N]1. The highest BCUT2D eigenvalue weighted by atomic mass is 35.5. The lowest BCUT2D eigenvalue weighted by Gasteiger charge is -2.34. The van der Waals surface area contributed by atoms with E-state index in [1.807, 2.05) is 12.1 Å². The first-order valence-electron chi connectivity index (χ1n) is 5.95. The van der Waals surface area contributed by atoms with Gasteiger partial charge in [-0.1, -0.05) is 11.6 Å². The second-order valence-electron chi connectivity index (χ2n) is 4.26. The molecular formula is C13H18ClN2O. The van der Waals surface area contributed by atoms with Gasteiger partial charge in [0.2, 0.25) is 0 Å². The van der Waals surface area contributed by atoms with Crippen LogP contribution < -0.4 is 10.2 Å². The van der Waals surface area contributed by atoms with Gasteiger partial charge in [0, 0.05) is 50.1 Å². The predicted octanol–water partition coefficient (Wildman–Crippen LogP) is 2.17. The number of benzene rings is 1. The first-order valence-corrected chi connectivity index (χ1v) is 6.33. The predicted molar refractivity (Wildman–Crippen MR) is 70.9 cm³/mol. The van der Waals surface area contributed by atoms with Gasteiger partial charge in [0.1, 0.15) is 0 Å². The summed E-state index contributed by atoms with van der Waals surface area (Å²) in [5.74, 6) is 0. The zero-order valence-corrected chi connectivity index (χ0v) is 10.9. The summed E-state index contributed by atoms with van der Waals surface area (Å²) in [6.45, 7) is 3.65. The van der Waals surface area contributed by atoms with E-state index in [-0.39, 0.29) is 0 Å². The lowest BCUT2D eigenvalue weighted by atomic mass is 10.1. The van der Waals surface area contributed by atoms with Gasteiger partial charge in [-0.05, 0) is 30.7 Å². The number of hydrogen-bond acceptors (Lipinski definition) is 2. The van der Waals surface area contributed by atoms with Crippen LogP contribution >= 0.6 is 11.6 Å². The van der Waals surface area contributed by atoms with E-state index < -0.39 is 0 Å². The van der Waals surface area contributed by atoms with Gasteiger partial charge in [-0.3, -0.25) is 0 Å². The summed E-state index contributed by atoms with van der Waals surface area (Å²) < 4.78 is 5.11. The smallest absolute Gasteiger partial charge is 0.0478 e. The zero-order chi connectivity index (χ0) is 12.1. The van der Waals surface area contributed by atoms with Gasteiger partial charge in [0.25, 0.3) is 0 Å². The van der Waals surface area contributed by atoms with Crippen LogP contribution in [0.25, 0.3) is 0 Å². The normalized spacial score (nSPS) is 20.6. The van der Waals surface area contributed by atoms with E-state index in [4.69, 9.17) is 16.3 Å². The highest BCUT2D eigenvalue weighted by Crippen LogP contribution is 2.20. The Morgan fingerprint density at radius 3 is 2.88 bits per heavy atom. The van der Waals surface area contributed by atoms with Crippen molar-refractivity contribution in [3.8, 4) is 0 Å². The Morgan fingerprint density at radius 1 is 1.41 bits per heavy atom. The highest BCUT2D eigenvalue weighted by molar-refractivity contribution is 6.30. The first kappa shape index (κ1) is 12.7. The molecule has 1 unspecified atom stereocenters. The lowest BCUT2D eigenvalue weighted by molar-refractivity contribution is 0.180. The van der Waals surface area contributed by atoms with E-state index in [1.54, 1.807) is 7.11 Å². The summed E-state index contributed by atoms with van der Waals surface area (Å²) in [5, 5.41) is 5.40. The van der Waals surface area contributed by atoms with Crippen molar-refractivity contribution < 1.29 is 4.74 Å². The van der Waals surface area contributed by atoms with Crippen LogP contribution in [-0.2, 0) is 4.74 Å². The Morgan fingerprint density at radius 2 is 2.18 bits per heavy atom. The molecule has 1 aromatic rings. The third-order valence-electron chi connectivity index (χ3n) is 3.04. The summed E-state index contributed by atoms with van der Waals surface area (Å²) in [6.07, 6.45) is 1.00. The molecule has 1 aromatic carbocycles. The van der Waals surface area contributed by atoms with Crippen LogP contribution in [-0.4, -0.2) is 39.4 Å². The molecule has 1 aliphatic rings. The van der Waals surface area contributed by atoms with Gasteiger partial charge in [-0.15, -0.1) is 0 Å². The Labute approximate surface area is 108 Å². The van der Waals surface area contributed by atoms with Gasteiger partial charge >= 0.3 is 0 Å². The van der Waals surface area contributed by atoms with Crippen LogP contribution in [0.1, 0.15) is 6.42 Å². The average Bonchev–Trinajstić information content (AvgIpc) is 2.37. The summed E-state index contributed by atoms with van der Waals surface area (Å²) >= 11 is 5.89. The fourth-order valence-corrected chi connectivity index (χ4v) is 2.21. The molecule has 2 rings (SSSR count). The number of rotatable bonds is 4. The monoisotopic (exact) mass is 253 g/mol. The lowest BCUT2D eigenvalue weighted by Crippen LogP contribution is -2.47. The van der Waals surface area contributed by atoms with Crippen molar-refractivity contribution in [2.75, 3.05) is 38.3 Å². The van der Waals surface area contributed by atoms with Gasteiger partial charge in [0.15, 0.2) is 0 Å². The molecule has 1 heterocycles. The van der Waals surface area contributed by atoms with E-state index in [0.717, 1.165) is 37.7 Å². The molecule has 0 amide bonds. The zero-order valence-electron chi connectivity index (χ0n) is 10.1. The standard InChI is InChI=1S/C13H18ClN2O/c1-17-9-6-12-10-16(8-7-15-12)13-4-2-11(14)3-5-13/h2-5,12H,6-10H2,1H3. The van der Waals surface area contributed by atoms with E-state index in [9.17, 15) is 0 Å². The molecule has 1 aliphatic heterocycles. The molecule has 0 aliphatic carbocycles. The van der Waals surface area contributed by atoms with Crippen molar-refractivity contribution in [1.29, 1.82) is 0 Å². The third kappa shape index (κ3) is 3.60. The minimum Gasteiger partial charge on any atom is -0.385 e. The molecule has 1 atom stereocenters. The molecular weight excluding hydrogens is 236 g/mol. The fourth-order valence-electron chi connectivity index (χ4n) is 2.09. The topological polar surface area (TPSA) is 26.6 Å².